The Hall–Kier alpha value is -3.24. The molecular weight excluding hydrogens is 503 g/mol. The molecule has 7 nitrogen and oxygen atoms in total. The minimum atomic E-state index is -4.31. The average Bonchev–Trinajstić information content (AvgIpc) is 2.88. The molecule has 0 aliphatic rings. The maximum Gasteiger partial charge on any atom is 0.265 e. The summed E-state index contributed by atoms with van der Waals surface area (Å²) in [5, 5.41) is 2.74. The average molecular weight is 533 g/mol. The number of nitrogens with one attached hydrogen (secondary N) is 1. The standard InChI is InChI=1S/C26H29FN2O5S2/c1-19-9-11-20(12-10-19)35-16-6-15-28-26(30)18-29(23-8-5-4-7-22(23)27)36(31,32)21-13-14-24(33-2)25(17-21)34-3/h4-5,7-14,17H,6,15-16,18H2,1-3H3,(H,28,30). The number of sulfonamides is 1. The normalized spacial score (nSPS) is 11.1. The zero-order chi connectivity index (χ0) is 26.1. The first-order valence-corrected chi connectivity index (χ1v) is 13.6. The van der Waals surface area contributed by atoms with Gasteiger partial charge in [0.1, 0.15) is 12.4 Å². The van der Waals surface area contributed by atoms with Crippen molar-refractivity contribution in [3.8, 4) is 11.5 Å². The molecular formula is C26H29FN2O5S2. The number of halogens is 1. The first-order chi connectivity index (χ1) is 17.3. The van der Waals surface area contributed by atoms with Crippen molar-refractivity contribution in [1.29, 1.82) is 0 Å². The summed E-state index contributed by atoms with van der Waals surface area (Å²) in [6, 6.07) is 17.6. The molecule has 0 saturated carbocycles. The summed E-state index contributed by atoms with van der Waals surface area (Å²) >= 11 is 1.67. The Labute approximate surface area is 215 Å². The van der Waals surface area contributed by atoms with Crippen molar-refractivity contribution >= 4 is 33.4 Å². The molecule has 0 fully saturated rings. The summed E-state index contributed by atoms with van der Waals surface area (Å²) in [6.07, 6.45) is 0.687. The third kappa shape index (κ3) is 6.92. The van der Waals surface area contributed by atoms with Gasteiger partial charge in [-0.15, -0.1) is 11.8 Å². The van der Waals surface area contributed by atoms with Crippen molar-refractivity contribution in [2.75, 3.05) is 37.4 Å². The number of thioether (sulfide) groups is 1. The molecule has 3 aromatic rings. The van der Waals surface area contributed by atoms with E-state index in [-0.39, 0.29) is 16.3 Å². The number of nitrogens with zero attached hydrogens (tertiary/aromatic N) is 1. The van der Waals surface area contributed by atoms with Crippen LogP contribution in [0.3, 0.4) is 0 Å². The van der Waals surface area contributed by atoms with Gasteiger partial charge in [0.25, 0.3) is 10.0 Å². The van der Waals surface area contributed by atoms with Gasteiger partial charge in [-0.05, 0) is 55.5 Å². The quantitative estimate of drug-likeness (QED) is 0.270. The van der Waals surface area contributed by atoms with Crippen LogP contribution >= 0.6 is 11.8 Å². The molecule has 1 amide bonds. The van der Waals surface area contributed by atoms with Crippen LogP contribution in [-0.4, -0.2) is 47.4 Å². The number of carbonyl (C=O) groups is 1. The van der Waals surface area contributed by atoms with Gasteiger partial charge in [-0.1, -0.05) is 29.8 Å². The maximum atomic E-state index is 14.7. The molecule has 0 atom stereocenters. The highest BCUT2D eigenvalue weighted by molar-refractivity contribution is 7.99. The third-order valence-electron chi connectivity index (χ3n) is 5.28. The Morgan fingerprint density at radius 1 is 1.00 bits per heavy atom. The smallest absolute Gasteiger partial charge is 0.265 e. The Kier molecular flexibility index (Phi) is 9.60. The minimum absolute atomic E-state index is 0.161. The van der Waals surface area contributed by atoms with Crippen LogP contribution in [-0.2, 0) is 14.8 Å². The summed E-state index contributed by atoms with van der Waals surface area (Å²) in [5.41, 5.74) is 0.964. The fraction of sp³-hybridized carbons (Fsp3) is 0.269. The number of hydrogen-bond acceptors (Lipinski definition) is 6. The fourth-order valence-corrected chi connectivity index (χ4v) is 5.67. The number of methoxy groups -OCH3 is 2. The van der Waals surface area contributed by atoms with Crippen LogP contribution in [0.2, 0.25) is 0 Å². The van der Waals surface area contributed by atoms with Gasteiger partial charge in [-0.2, -0.15) is 0 Å². The number of anilines is 1. The molecule has 0 saturated heterocycles. The number of amides is 1. The van der Waals surface area contributed by atoms with Gasteiger partial charge >= 0.3 is 0 Å². The maximum absolute atomic E-state index is 14.7. The molecule has 10 heteroatoms. The van der Waals surface area contributed by atoms with Crippen LogP contribution in [0.4, 0.5) is 10.1 Å². The van der Waals surface area contributed by atoms with Gasteiger partial charge in [0, 0.05) is 17.5 Å². The predicted octanol–water partition coefficient (Wildman–Crippen LogP) is 4.65. The van der Waals surface area contributed by atoms with Crippen molar-refractivity contribution in [3.05, 3.63) is 78.1 Å². The Balaban J connectivity index is 1.72. The van der Waals surface area contributed by atoms with E-state index in [1.807, 2.05) is 31.2 Å². The highest BCUT2D eigenvalue weighted by atomic mass is 32.2. The van der Waals surface area contributed by atoms with E-state index in [0.29, 0.717) is 18.7 Å². The Morgan fingerprint density at radius 2 is 1.69 bits per heavy atom. The molecule has 0 spiro atoms. The van der Waals surface area contributed by atoms with E-state index in [1.54, 1.807) is 11.8 Å². The molecule has 36 heavy (non-hydrogen) atoms. The van der Waals surface area contributed by atoms with Crippen molar-refractivity contribution < 1.29 is 27.1 Å². The number of rotatable bonds is 12. The molecule has 0 aliphatic heterocycles. The molecule has 192 valence electrons. The first kappa shape index (κ1) is 27.3. The molecule has 0 bridgehead atoms. The van der Waals surface area contributed by atoms with E-state index in [4.69, 9.17) is 9.47 Å². The van der Waals surface area contributed by atoms with Gasteiger partial charge in [0.05, 0.1) is 24.8 Å². The van der Waals surface area contributed by atoms with Gasteiger partial charge < -0.3 is 14.8 Å². The van der Waals surface area contributed by atoms with Gasteiger partial charge in [0.2, 0.25) is 5.91 Å². The number of hydrogen-bond donors (Lipinski definition) is 1. The van der Waals surface area contributed by atoms with Crippen molar-refractivity contribution in [2.45, 2.75) is 23.1 Å². The van der Waals surface area contributed by atoms with Crippen LogP contribution in [0.5, 0.6) is 11.5 Å². The predicted molar refractivity (Wildman–Crippen MR) is 140 cm³/mol. The van der Waals surface area contributed by atoms with Crippen LogP contribution in [0.15, 0.2) is 76.5 Å². The summed E-state index contributed by atoms with van der Waals surface area (Å²) in [6.45, 7) is 1.81. The van der Waals surface area contributed by atoms with E-state index in [9.17, 15) is 17.6 Å². The lowest BCUT2D eigenvalue weighted by molar-refractivity contribution is -0.119. The number of carbonyl (C=O) groups excluding carboxylic acids is 1. The topological polar surface area (TPSA) is 84.9 Å². The lowest BCUT2D eigenvalue weighted by atomic mass is 10.2. The van der Waals surface area contributed by atoms with Crippen LogP contribution in [0.1, 0.15) is 12.0 Å². The second kappa shape index (κ2) is 12.6. The summed E-state index contributed by atoms with van der Waals surface area (Å²) in [5.74, 6) is 0.0221. The van der Waals surface area contributed by atoms with Crippen LogP contribution < -0.4 is 19.1 Å². The molecule has 0 heterocycles. The fourth-order valence-electron chi connectivity index (χ4n) is 3.37. The lowest BCUT2D eigenvalue weighted by Gasteiger charge is -2.25. The van der Waals surface area contributed by atoms with E-state index < -0.39 is 28.3 Å². The summed E-state index contributed by atoms with van der Waals surface area (Å²) < 4.78 is 52.9. The molecule has 0 aliphatic carbocycles. The molecule has 1 N–H and O–H groups in total. The number of ether oxygens (including phenoxy) is 2. The second-order valence-corrected chi connectivity index (χ2v) is 10.9. The SMILES string of the molecule is COc1ccc(S(=O)(=O)N(CC(=O)NCCCSc2ccc(C)cc2)c2ccccc2F)cc1OC. The van der Waals surface area contributed by atoms with E-state index in [2.05, 4.69) is 5.32 Å². The molecule has 3 rings (SSSR count). The minimum Gasteiger partial charge on any atom is -0.493 e. The first-order valence-electron chi connectivity index (χ1n) is 11.2. The zero-order valence-corrected chi connectivity index (χ0v) is 22.0. The third-order valence-corrected chi connectivity index (χ3v) is 8.14. The Bertz CT molecular complexity index is 1280. The lowest BCUT2D eigenvalue weighted by Crippen LogP contribution is -2.41. The van der Waals surface area contributed by atoms with E-state index >= 15 is 0 Å². The van der Waals surface area contributed by atoms with Crippen molar-refractivity contribution in [1.82, 2.24) is 5.32 Å². The Morgan fingerprint density at radius 3 is 2.36 bits per heavy atom. The van der Waals surface area contributed by atoms with Crippen LogP contribution in [0.25, 0.3) is 0 Å². The highest BCUT2D eigenvalue weighted by Crippen LogP contribution is 2.32. The summed E-state index contributed by atoms with van der Waals surface area (Å²) in [7, 11) is -1.50. The molecule has 0 aromatic heterocycles. The van der Waals surface area contributed by atoms with E-state index in [1.165, 1.54) is 56.2 Å². The number of aryl methyl sites for hydroxylation is 1. The number of para-hydroxylation sites is 1. The zero-order valence-electron chi connectivity index (χ0n) is 20.4. The van der Waals surface area contributed by atoms with Gasteiger partial charge in [0.15, 0.2) is 11.5 Å². The molecule has 0 unspecified atom stereocenters. The van der Waals surface area contributed by atoms with Crippen molar-refractivity contribution in [3.63, 3.8) is 0 Å². The van der Waals surface area contributed by atoms with Crippen LogP contribution in [0, 0.1) is 12.7 Å². The van der Waals surface area contributed by atoms with Gasteiger partial charge in [-0.3, -0.25) is 9.10 Å². The number of benzene rings is 3. The molecule has 3 aromatic carbocycles. The van der Waals surface area contributed by atoms with E-state index in [0.717, 1.165) is 21.0 Å². The highest BCUT2D eigenvalue weighted by Gasteiger charge is 2.30. The largest absolute Gasteiger partial charge is 0.493 e. The summed E-state index contributed by atoms with van der Waals surface area (Å²) in [4.78, 5) is 13.7. The second-order valence-electron chi connectivity index (χ2n) is 7.84. The van der Waals surface area contributed by atoms with Crippen molar-refractivity contribution in [2.24, 2.45) is 0 Å². The van der Waals surface area contributed by atoms with Gasteiger partial charge in [-0.25, -0.2) is 12.8 Å². The molecule has 0 radical (unpaired) electrons. The monoisotopic (exact) mass is 532 g/mol.